The van der Waals surface area contributed by atoms with Crippen LogP contribution in [0.4, 0.5) is 0 Å². The summed E-state index contributed by atoms with van der Waals surface area (Å²) in [4.78, 5) is 0. The Kier molecular flexibility index (Phi) is 9.32. The normalized spacial score (nSPS) is 28.1. The van der Waals surface area contributed by atoms with Crippen LogP contribution in [0.1, 0.15) is 18.6 Å². The zero-order valence-corrected chi connectivity index (χ0v) is 22.4. The van der Waals surface area contributed by atoms with E-state index in [1.165, 1.54) is 0 Å². The minimum absolute atomic E-state index is 0. The number of benzene rings is 2. The van der Waals surface area contributed by atoms with Gasteiger partial charge in [0.2, 0.25) is 11.6 Å². The summed E-state index contributed by atoms with van der Waals surface area (Å²) in [7, 11) is 8.42. The molecule has 0 aromatic heterocycles. The molecule has 2 aliphatic heterocycles. The summed E-state index contributed by atoms with van der Waals surface area (Å²) in [5.74, 6) is -2.51. The summed E-state index contributed by atoms with van der Waals surface area (Å²) in [6.07, 6.45) is 0. The highest BCUT2D eigenvalue weighted by Crippen LogP contribution is 2.33. The van der Waals surface area contributed by atoms with Gasteiger partial charge in [-0.15, -0.1) is 0 Å². The fourth-order valence-electron chi connectivity index (χ4n) is 4.53. The van der Waals surface area contributed by atoms with E-state index in [2.05, 4.69) is 56.4 Å². The maximum absolute atomic E-state index is 11.0. The van der Waals surface area contributed by atoms with Gasteiger partial charge in [0.1, 0.15) is 26.2 Å². The van der Waals surface area contributed by atoms with E-state index in [1.807, 2.05) is 48.5 Å². The van der Waals surface area contributed by atoms with Crippen molar-refractivity contribution >= 4 is 28.3 Å². The predicted octanol–water partition coefficient (Wildman–Crippen LogP) is 4.18. The molecule has 0 bridgehead atoms. The Morgan fingerprint density at radius 2 is 0.970 bits per heavy atom. The van der Waals surface area contributed by atoms with Gasteiger partial charge in [0.15, 0.2) is 0 Å². The van der Waals surface area contributed by atoms with Crippen LogP contribution in [0.2, 0.25) is 0 Å². The molecule has 4 rings (SSSR count). The van der Waals surface area contributed by atoms with Crippen molar-refractivity contribution in [3.05, 3.63) is 59.7 Å². The van der Waals surface area contributed by atoms with E-state index in [1.54, 1.807) is 0 Å². The molecule has 2 aromatic rings. The number of rotatable bonds is 3. The first-order valence-corrected chi connectivity index (χ1v) is 14.4. The van der Waals surface area contributed by atoms with Gasteiger partial charge >= 0.3 is 0 Å². The standard InChI is InChI=1S/C24H34N2O4.CH4.Br2/c1-25(2)13-15-29-23(27,17-25)21-9-5-19(6-10-21)20-7-11-22(12-8-20)24(28)18-26(3,4)14-16-30-24;;1-2/h5-12,27-28H,13-18H2,1-4H3;1H4;/q+2;;. The molecule has 2 saturated heterocycles. The van der Waals surface area contributed by atoms with Gasteiger partial charge in [-0.2, -0.15) is 0 Å². The van der Waals surface area contributed by atoms with Crippen molar-refractivity contribution in [1.82, 2.24) is 0 Å². The van der Waals surface area contributed by atoms with Crippen molar-refractivity contribution in [1.29, 1.82) is 0 Å². The second kappa shape index (κ2) is 10.8. The maximum Gasteiger partial charge on any atom is 0.243 e. The molecule has 33 heavy (non-hydrogen) atoms. The Bertz CT molecular complexity index is 830. The topological polar surface area (TPSA) is 58.9 Å². The zero-order chi connectivity index (χ0) is 23.6. The van der Waals surface area contributed by atoms with Crippen molar-refractivity contribution in [3.63, 3.8) is 0 Å². The van der Waals surface area contributed by atoms with E-state index < -0.39 is 11.6 Å². The van der Waals surface area contributed by atoms with E-state index in [9.17, 15) is 10.2 Å². The number of halogens is 2. The van der Waals surface area contributed by atoms with E-state index >= 15 is 0 Å². The van der Waals surface area contributed by atoms with E-state index in [0.717, 1.165) is 44.3 Å². The Hall–Kier alpha value is -0.840. The van der Waals surface area contributed by atoms with Crippen LogP contribution in [0.5, 0.6) is 0 Å². The lowest BCUT2D eigenvalue weighted by Gasteiger charge is -2.42. The minimum Gasteiger partial charge on any atom is -0.357 e. The van der Waals surface area contributed by atoms with Gasteiger partial charge in [0, 0.05) is 39.4 Å². The fraction of sp³-hybridized carbons (Fsp3) is 0.520. The van der Waals surface area contributed by atoms with Crippen molar-refractivity contribution in [2.24, 2.45) is 0 Å². The highest BCUT2D eigenvalue weighted by atomic mass is 80.9. The molecule has 0 radical (unpaired) electrons. The number of morpholine rings is 2. The number of hydrogen-bond donors (Lipinski definition) is 2. The molecule has 0 aliphatic carbocycles. The van der Waals surface area contributed by atoms with Crippen LogP contribution in [-0.2, 0) is 21.0 Å². The molecule has 2 atom stereocenters. The Morgan fingerprint density at radius 1 is 0.667 bits per heavy atom. The van der Waals surface area contributed by atoms with Gasteiger partial charge < -0.3 is 28.7 Å². The van der Waals surface area contributed by atoms with Crippen molar-refractivity contribution in [2.75, 3.05) is 67.6 Å². The number of quaternary nitrogens is 2. The van der Waals surface area contributed by atoms with Crippen LogP contribution in [0.15, 0.2) is 48.5 Å². The lowest BCUT2D eigenvalue weighted by Crippen LogP contribution is -2.57. The average Bonchev–Trinajstić information content (AvgIpc) is 2.74. The highest BCUT2D eigenvalue weighted by Gasteiger charge is 2.43. The molecule has 184 valence electrons. The van der Waals surface area contributed by atoms with E-state index in [-0.39, 0.29) is 7.43 Å². The molecule has 2 unspecified atom stereocenters. The summed E-state index contributed by atoms with van der Waals surface area (Å²) in [5.41, 5.74) is 3.65. The molecule has 2 fully saturated rings. The minimum atomic E-state index is -1.25. The van der Waals surface area contributed by atoms with Crippen LogP contribution in [-0.4, -0.2) is 86.8 Å². The van der Waals surface area contributed by atoms with Crippen LogP contribution in [0, 0.1) is 0 Å². The second-order valence-electron chi connectivity index (χ2n) is 10.1. The first kappa shape index (κ1) is 28.4. The monoisotopic (exact) mass is 588 g/mol. The van der Waals surface area contributed by atoms with Gasteiger partial charge in [0.05, 0.1) is 41.4 Å². The number of hydrogen-bond acceptors (Lipinski definition) is 4. The van der Waals surface area contributed by atoms with Gasteiger partial charge in [-0.05, 0) is 11.1 Å². The summed E-state index contributed by atoms with van der Waals surface area (Å²) in [6.45, 7) is 3.89. The summed E-state index contributed by atoms with van der Waals surface area (Å²) < 4.78 is 12.9. The van der Waals surface area contributed by atoms with E-state index in [0.29, 0.717) is 26.3 Å². The lowest BCUT2D eigenvalue weighted by atomic mass is 9.96. The van der Waals surface area contributed by atoms with Gasteiger partial charge in [0.25, 0.3) is 0 Å². The highest BCUT2D eigenvalue weighted by molar-refractivity contribution is 9.93. The Morgan fingerprint density at radius 3 is 1.24 bits per heavy atom. The third kappa shape index (κ3) is 6.64. The van der Waals surface area contributed by atoms with Crippen molar-refractivity contribution in [2.45, 2.75) is 19.0 Å². The smallest absolute Gasteiger partial charge is 0.243 e. The third-order valence-electron chi connectivity index (χ3n) is 6.36. The Labute approximate surface area is 213 Å². The number of aliphatic hydroxyl groups is 2. The van der Waals surface area contributed by atoms with Gasteiger partial charge in [-0.25, -0.2) is 0 Å². The quantitative estimate of drug-likeness (QED) is 0.527. The van der Waals surface area contributed by atoms with Gasteiger partial charge in [-0.1, -0.05) is 56.0 Å². The van der Waals surface area contributed by atoms with E-state index in [4.69, 9.17) is 9.47 Å². The molecule has 2 aromatic carbocycles. The van der Waals surface area contributed by atoms with Gasteiger partial charge in [-0.3, -0.25) is 0 Å². The molecular formula is C25H38Br2N2O4+2. The molecule has 8 heteroatoms. The number of ether oxygens (including phenoxy) is 2. The second-order valence-corrected chi connectivity index (χ2v) is 10.1. The van der Waals surface area contributed by atoms with Crippen molar-refractivity contribution in [3.8, 4) is 11.1 Å². The van der Waals surface area contributed by atoms with Crippen LogP contribution in [0.25, 0.3) is 11.1 Å². The van der Waals surface area contributed by atoms with Crippen LogP contribution >= 0.6 is 28.3 Å². The zero-order valence-electron chi connectivity index (χ0n) is 19.2. The molecule has 0 saturated carbocycles. The maximum atomic E-state index is 11.0. The number of likely N-dealkylation sites (N-methyl/N-ethyl adjacent to an activating group) is 2. The predicted molar refractivity (Wildman–Crippen MR) is 140 cm³/mol. The average molecular weight is 590 g/mol. The molecule has 6 nitrogen and oxygen atoms in total. The van der Waals surface area contributed by atoms with Crippen LogP contribution in [0.3, 0.4) is 0 Å². The molecule has 2 aliphatic rings. The third-order valence-corrected chi connectivity index (χ3v) is 6.36. The Balaban J connectivity index is 0.00000125. The summed E-state index contributed by atoms with van der Waals surface area (Å²) in [5, 5.41) is 22.0. The lowest BCUT2D eigenvalue weighted by molar-refractivity contribution is -0.912. The molecule has 0 spiro atoms. The molecular weight excluding hydrogens is 552 g/mol. The number of nitrogens with zero attached hydrogens (tertiary/aromatic N) is 2. The summed E-state index contributed by atoms with van der Waals surface area (Å²) >= 11 is 5.50. The SMILES string of the molecule is BrBr.C.C[N+]1(C)CCOC(O)(c2ccc(-c3ccc(C4(O)C[N+](C)(C)CCO4)cc3)cc2)C1. The molecule has 2 heterocycles. The van der Waals surface area contributed by atoms with Crippen LogP contribution < -0.4 is 0 Å². The fourth-order valence-corrected chi connectivity index (χ4v) is 4.53. The first-order chi connectivity index (χ1) is 15.0. The first-order valence-electron chi connectivity index (χ1n) is 10.7. The molecule has 2 N–H and O–H groups in total. The largest absolute Gasteiger partial charge is 0.357 e. The summed E-state index contributed by atoms with van der Waals surface area (Å²) in [6, 6.07) is 15.8. The van der Waals surface area contributed by atoms with Crippen molar-refractivity contribution < 1.29 is 28.7 Å². The molecule has 0 amide bonds.